The van der Waals surface area contributed by atoms with Gasteiger partial charge in [0.1, 0.15) is 16.4 Å². The minimum Gasteiger partial charge on any atom is -0.497 e. The monoisotopic (exact) mass is 286 g/mol. The summed E-state index contributed by atoms with van der Waals surface area (Å²) in [6.45, 7) is 0.770. The third kappa shape index (κ3) is 2.68. The van der Waals surface area contributed by atoms with Gasteiger partial charge >= 0.3 is 0 Å². The van der Waals surface area contributed by atoms with Crippen LogP contribution < -0.4 is 15.2 Å². The molecule has 19 heavy (non-hydrogen) atoms. The quantitative estimate of drug-likeness (QED) is 0.867. The Balaban J connectivity index is 2.44. The van der Waals surface area contributed by atoms with Gasteiger partial charge in [-0.15, -0.1) is 0 Å². The summed E-state index contributed by atoms with van der Waals surface area (Å²) in [6.07, 6.45) is 0.672. The van der Waals surface area contributed by atoms with Gasteiger partial charge in [-0.05, 0) is 18.6 Å². The number of sulfonamides is 1. The van der Waals surface area contributed by atoms with Crippen LogP contribution in [0.4, 0.5) is 0 Å². The molecular weight excluding hydrogens is 268 g/mol. The van der Waals surface area contributed by atoms with Crippen LogP contribution >= 0.6 is 0 Å². The summed E-state index contributed by atoms with van der Waals surface area (Å²) in [6, 6.07) is 4.61. The standard InChI is InChI=1S/C12H18N2O4S/c1-17-10-3-4-11(18-2)12(7-10)19(15,16)14-6-5-9(13)8-14/h3-4,7,9H,5-6,8,13H2,1-2H3/t9-/m0/s1. The molecule has 0 radical (unpaired) electrons. The fourth-order valence-electron chi connectivity index (χ4n) is 2.10. The minimum atomic E-state index is -3.60. The summed E-state index contributed by atoms with van der Waals surface area (Å²) >= 11 is 0. The van der Waals surface area contributed by atoms with E-state index in [4.69, 9.17) is 15.2 Å². The molecule has 1 aliphatic heterocycles. The molecule has 1 heterocycles. The van der Waals surface area contributed by atoms with Gasteiger partial charge in [-0.1, -0.05) is 0 Å². The Hall–Kier alpha value is -1.31. The number of hydrogen-bond donors (Lipinski definition) is 1. The first-order valence-corrected chi connectivity index (χ1v) is 7.41. The number of methoxy groups -OCH3 is 2. The van der Waals surface area contributed by atoms with Crippen LogP contribution in [-0.2, 0) is 10.0 Å². The SMILES string of the molecule is COc1ccc(OC)c(S(=O)(=O)N2CC[C@H](N)C2)c1. The third-order valence-electron chi connectivity index (χ3n) is 3.18. The van der Waals surface area contributed by atoms with Gasteiger partial charge in [-0.2, -0.15) is 4.31 Å². The first-order valence-electron chi connectivity index (χ1n) is 5.97. The van der Waals surface area contributed by atoms with Gasteiger partial charge in [0.2, 0.25) is 10.0 Å². The minimum absolute atomic E-state index is 0.105. The predicted octanol–water partition coefficient (Wildman–Crippen LogP) is 0.426. The number of rotatable bonds is 4. The van der Waals surface area contributed by atoms with Gasteiger partial charge in [-0.25, -0.2) is 8.42 Å². The van der Waals surface area contributed by atoms with E-state index in [1.165, 1.54) is 24.6 Å². The van der Waals surface area contributed by atoms with E-state index in [9.17, 15) is 8.42 Å². The summed E-state index contributed by atoms with van der Waals surface area (Å²) in [4.78, 5) is 0.114. The largest absolute Gasteiger partial charge is 0.497 e. The molecule has 0 amide bonds. The maximum atomic E-state index is 12.6. The first kappa shape index (κ1) is 14.1. The molecule has 7 heteroatoms. The van der Waals surface area contributed by atoms with Crippen molar-refractivity contribution in [2.75, 3.05) is 27.3 Å². The van der Waals surface area contributed by atoms with E-state index in [-0.39, 0.29) is 10.9 Å². The van der Waals surface area contributed by atoms with Crippen LogP contribution in [0.25, 0.3) is 0 Å². The molecule has 0 saturated carbocycles. The summed E-state index contributed by atoms with van der Waals surface area (Å²) in [5.74, 6) is 0.782. The second-order valence-electron chi connectivity index (χ2n) is 4.43. The fourth-order valence-corrected chi connectivity index (χ4v) is 3.78. The molecule has 0 unspecified atom stereocenters. The van der Waals surface area contributed by atoms with Crippen LogP contribution in [0.15, 0.2) is 23.1 Å². The Morgan fingerprint density at radius 3 is 2.58 bits per heavy atom. The number of hydrogen-bond acceptors (Lipinski definition) is 5. The summed E-state index contributed by atoms with van der Waals surface area (Å²) in [5.41, 5.74) is 5.76. The van der Waals surface area contributed by atoms with Crippen molar-refractivity contribution >= 4 is 10.0 Å². The van der Waals surface area contributed by atoms with E-state index in [0.29, 0.717) is 31.0 Å². The van der Waals surface area contributed by atoms with Gasteiger partial charge < -0.3 is 15.2 Å². The molecule has 0 aromatic heterocycles. The van der Waals surface area contributed by atoms with Gasteiger partial charge in [0, 0.05) is 25.2 Å². The highest BCUT2D eigenvalue weighted by Crippen LogP contribution is 2.31. The zero-order valence-corrected chi connectivity index (χ0v) is 11.8. The van der Waals surface area contributed by atoms with E-state index in [1.807, 2.05) is 0 Å². The van der Waals surface area contributed by atoms with Crippen molar-refractivity contribution in [2.24, 2.45) is 5.73 Å². The van der Waals surface area contributed by atoms with Crippen LogP contribution in [0.1, 0.15) is 6.42 Å². The highest BCUT2D eigenvalue weighted by atomic mass is 32.2. The van der Waals surface area contributed by atoms with E-state index >= 15 is 0 Å². The average molecular weight is 286 g/mol. The van der Waals surface area contributed by atoms with Crippen molar-refractivity contribution in [1.82, 2.24) is 4.31 Å². The molecule has 2 N–H and O–H groups in total. The van der Waals surface area contributed by atoms with Crippen molar-refractivity contribution in [3.63, 3.8) is 0 Å². The van der Waals surface area contributed by atoms with Crippen LogP contribution in [0.3, 0.4) is 0 Å². The molecule has 2 rings (SSSR count). The molecule has 0 aliphatic carbocycles. The predicted molar refractivity (Wildman–Crippen MR) is 70.9 cm³/mol. The number of nitrogens with two attached hydrogens (primary N) is 1. The average Bonchev–Trinajstić information content (AvgIpc) is 2.85. The number of ether oxygens (including phenoxy) is 2. The first-order chi connectivity index (χ1) is 8.98. The van der Waals surface area contributed by atoms with Crippen molar-refractivity contribution in [3.05, 3.63) is 18.2 Å². The molecule has 0 bridgehead atoms. The Morgan fingerprint density at radius 1 is 1.32 bits per heavy atom. The lowest BCUT2D eigenvalue weighted by molar-refractivity contribution is 0.388. The molecule has 0 spiro atoms. The lowest BCUT2D eigenvalue weighted by Gasteiger charge is -2.18. The summed E-state index contributed by atoms with van der Waals surface area (Å²) in [7, 11) is -0.668. The van der Waals surface area contributed by atoms with Crippen LogP contribution in [-0.4, -0.2) is 46.1 Å². The highest BCUT2D eigenvalue weighted by Gasteiger charge is 2.33. The number of nitrogens with zero attached hydrogens (tertiary/aromatic N) is 1. The van der Waals surface area contributed by atoms with E-state index in [0.717, 1.165) is 0 Å². The molecule has 1 saturated heterocycles. The van der Waals surface area contributed by atoms with E-state index in [2.05, 4.69) is 0 Å². The molecule has 6 nitrogen and oxygen atoms in total. The van der Waals surface area contributed by atoms with Gasteiger partial charge in [0.15, 0.2) is 0 Å². The van der Waals surface area contributed by atoms with E-state index in [1.54, 1.807) is 12.1 Å². The lowest BCUT2D eigenvalue weighted by atomic mass is 10.3. The lowest BCUT2D eigenvalue weighted by Crippen LogP contribution is -2.32. The highest BCUT2D eigenvalue weighted by molar-refractivity contribution is 7.89. The Labute approximate surface area is 113 Å². The zero-order valence-electron chi connectivity index (χ0n) is 11.0. The maximum Gasteiger partial charge on any atom is 0.246 e. The molecule has 1 aromatic carbocycles. The van der Waals surface area contributed by atoms with Crippen LogP contribution in [0.5, 0.6) is 11.5 Å². The topological polar surface area (TPSA) is 81.9 Å². The maximum absolute atomic E-state index is 12.6. The normalized spacial score (nSPS) is 20.5. The molecule has 1 aromatic rings. The van der Waals surface area contributed by atoms with Crippen LogP contribution in [0, 0.1) is 0 Å². The van der Waals surface area contributed by atoms with Gasteiger partial charge in [0.05, 0.1) is 14.2 Å². The van der Waals surface area contributed by atoms with Crippen molar-refractivity contribution in [3.8, 4) is 11.5 Å². The second kappa shape index (κ2) is 5.36. The second-order valence-corrected chi connectivity index (χ2v) is 6.33. The van der Waals surface area contributed by atoms with Crippen LogP contribution in [0.2, 0.25) is 0 Å². The third-order valence-corrected chi connectivity index (χ3v) is 5.06. The van der Waals surface area contributed by atoms with Crippen molar-refractivity contribution in [2.45, 2.75) is 17.4 Å². The smallest absolute Gasteiger partial charge is 0.246 e. The van der Waals surface area contributed by atoms with Gasteiger partial charge in [-0.3, -0.25) is 0 Å². The Bertz CT molecular complexity index is 559. The molecule has 1 fully saturated rings. The number of benzene rings is 1. The molecule has 106 valence electrons. The zero-order chi connectivity index (χ0) is 14.0. The summed E-state index contributed by atoms with van der Waals surface area (Å²) in [5, 5.41) is 0. The fraction of sp³-hybridized carbons (Fsp3) is 0.500. The van der Waals surface area contributed by atoms with Crippen molar-refractivity contribution < 1.29 is 17.9 Å². The molecule has 1 atom stereocenters. The van der Waals surface area contributed by atoms with E-state index < -0.39 is 10.0 Å². The van der Waals surface area contributed by atoms with Gasteiger partial charge in [0.25, 0.3) is 0 Å². The summed E-state index contributed by atoms with van der Waals surface area (Å²) < 4.78 is 36.7. The molecule has 1 aliphatic rings. The Morgan fingerprint density at radius 2 is 2.05 bits per heavy atom. The Kier molecular flexibility index (Phi) is 3.98. The molecular formula is C12H18N2O4S. The van der Waals surface area contributed by atoms with Crippen molar-refractivity contribution in [1.29, 1.82) is 0 Å².